The highest BCUT2D eigenvalue weighted by Gasteiger charge is 2.25. The molecule has 0 radical (unpaired) electrons. The second kappa shape index (κ2) is 3.08. The Hall–Kier alpha value is -1.84. The average molecular weight is 201 g/mol. The molecular formula is C11H11N3O. The third kappa shape index (κ3) is 1.38. The third-order valence-electron chi connectivity index (χ3n) is 2.74. The lowest BCUT2D eigenvalue weighted by Crippen LogP contribution is -2.50. The minimum Gasteiger partial charge on any atom is -0.337 e. The fraction of sp³-hybridized carbons (Fsp3) is 0.273. The Bertz CT molecular complexity index is 453. The molecule has 2 aliphatic rings. The molecule has 4 nitrogen and oxygen atoms in total. The Morgan fingerprint density at radius 1 is 1.33 bits per heavy atom. The molecule has 0 saturated carbocycles. The normalized spacial score (nSPS) is 18.8. The molecule has 3 rings (SSSR count). The molecule has 2 aliphatic heterocycles. The van der Waals surface area contributed by atoms with E-state index in [4.69, 9.17) is 0 Å². The van der Waals surface area contributed by atoms with Gasteiger partial charge in [-0.2, -0.15) is 0 Å². The van der Waals surface area contributed by atoms with E-state index >= 15 is 0 Å². The van der Waals surface area contributed by atoms with Crippen LogP contribution in [0.3, 0.4) is 0 Å². The van der Waals surface area contributed by atoms with Crippen LogP contribution in [0.4, 0.5) is 5.69 Å². The highest BCUT2D eigenvalue weighted by Crippen LogP contribution is 2.25. The van der Waals surface area contributed by atoms with E-state index in [-0.39, 0.29) is 5.91 Å². The number of fused-ring (bicyclic) bond motifs is 2. The highest BCUT2D eigenvalue weighted by atomic mass is 16.2. The highest BCUT2D eigenvalue weighted by molar-refractivity contribution is 6.00. The molecule has 1 aromatic rings. The maximum absolute atomic E-state index is 11.2. The molecule has 0 aliphatic carbocycles. The van der Waals surface area contributed by atoms with Crippen molar-refractivity contribution in [3.05, 3.63) is 29.8 Å². The quantitative estimate of drug-likeness (QED) is 0.680. The van der Waals surface area contributed by atoms with Crippen LogP contribution in [0.15, 0.2) is 29.3 Å². The molecule has 0 aromatic heterocycles. The van der Waals surface area contributed by atoms with E-state index in [1.165, 1.54) is 5.56 Å². The van der Waals surface area contributed by atoms with Gasteiger partial charge in [0.15, 0.2) is 0 Å². The first kappa shape index (κ1) is 8.47. The number of aliphatic imine (C=N–C) groups is 1. The van der Waals surface area contributed by atoms with Crippen LogP contribution in [0.25, 0.3) is 0 Å². The van der Waals surface area contributed by atoms with Gasteiger partial charge >= 0.3 is 0 Å². The zero-order valence-corrected chi connectivity index (χ0v) is 8.23. The van der Waals surface area contributed by atoms with Gasteiger partial charge in [0.1, 0.15) is 0 Å². The fourth-order valence-electron chi connectivity index (χ4n) is 1.93. The van der Waals surface area contributed by atoms with Crippen molar-refractivity contribution in [2.75, 3.05) is 6.54 Å². The first-order valence-electron chi connectivity index (χ1n) is 5.04. The summed E-state index contributed by atoms with van der Waals surface area (Å²) in [5, 5.41) is 2.80. The third-order valence-corrected chi connectivity index (χ3v) is 2.74. The van der Waals surface area contributed by atoms with Crippen LogP contribution in [0.2, 0.25) is 0 Å². The van der Waals surface area contributed by atoms with Crippen LogP contribution >= 0.6 is 0 Å². The molecule has 1 N–H and O–H groups in total. The molecular weight excluding hydrogens is 190 g/mol. The summed E-state index contributed by atoms with van der Waals surface area (Å²) in [6.45, 7) is 1.61. The van der Waals surface area contributed by atoms with Gasteiger partial charge in [-0.25, -0.2) is 4.99 Å². The summed E-state index contributed by atoms with van der Waals surface area (Å²) >= 11 is 0. The number of hydrogen-bond donors (Lipinski definition) is 1. The number of carbonyl (C=O) groups is 1. The van der Waals surface area contributed by atoms with Crippen LogP contribution in [-0.2, 0) is 11.3 Å². The Kier molecular flexibility index (Phi) is 1.74. The standard InChI is InChI=1S/C11H11N3O/c15-10-5-6-14-7-8-3-1-2-4-9(8)12-11(14)13-10/h1-4H,5-7H2,(H,12,13,15). The molecule has 0 unspecified atom stereocenters. The predicted octanol–water partition coefficient (Wildman–Crippen LogP) is 1.01. The van der Waals surface area contributed by atoms with E-state index in [9.17, 15) is 4.79 Å². The van der Waals surface area contributed by atoms with E-state index < -0.39 is 0 Å². The molecule has 0 bridgehead atoms. The summed E-state index contributed by atoms with van der Waals surface area (Å²) in [5.74, 6) is 0.759. The van der Waals surface area contributed by atoms with E-state index in [1.807, 2.05) is 18.2 Å². The van der Waals surface area contributed by atoms with Gasteiger partial charge in [0.05, 0.1) is 5.69 Å². The van der Waals surface area contributed by atoms with Crippen molar-refractivity contribution in [3.8, 4) is 0 Å². The van der Waals surface area contributed by atoms with Crippen LogP contribution in [-0.4, -0.2) is 23.3 Å². The zero-order chi connectivity index (χ0) is 10.3. The number of nitrogens with one attached hydrogen (secondary N) is 1. The van der Waals surface area contributed by atoms with Gasteiger partial charge in [-0.15, -0.1) is 0 Å². The minimum absolute atomic E-state index is 0.0596. The number of benzene rings is 1. The van der Waals surface area contributed by atoms with Crippen LogP contribution in [0.1, 0.15) is 12.0 Å². The van der Waals surface area contributed by atoms with Crippen molar-refractivity contribution in [3.63, 3.8) is 0 Å². The van der Waals surface area contributed by atoms with E-state index in [1.54, 1.807) is 0 Å². The topological polar surface area (TPSA) is 44.7 Å². The predicted molar refractivity (Wildman–Crippen MR) is 56.7 cm³/mol. The van der Waals surface area contributed by atoms with Crippen LogP contribution in [0.5, 0.6) is 0 Å². The average Bonchev–Trinajstić information content (AvgIpc) is 2.26. The number of rotatable bonds is 0. The Morgan fingerprint density at radius 3 is 3.13 bits per heavy atom. The maximum atomic E-state index is 11.2. The summed E-state index contributed by atoms with van der Waals surface area (Å²) in [7, 11) is 0. The number of guanidine groups is 1. The van der Waals surface area contributed by atoms with Crippen molar-refractivity contribution in [1.29, 1.82) is 0 Å². The summed E-state index contributed by atoms with van der Waals surface area (Å²) in [6, 6.07) is 8.03. The molecule has 1 fully saturated rings. The number of para-hydroxylation sites is 1. The van der Waals surface area contributed by atoms with Crippen molar-refractivity contribution in [2.45, 2.75) is 13.0 Å². The van der Waals surface area contributed by atoms with E-state index in [0.717, 1.165) is 18.8 Å². The summed E-state index contributed by atoms with van der Waals surface area (Å²) in [6.07, 6.45) is 0.557. The molecule has 2 heterocycles. The summed E-state index contributed by atoms with van der Waals surface area (Å²) in [5.41, 5.74) is 2.18. The first-order chi connectivity index (χ1) is 7.33. The monoisotopic (exact) mass is 201 g/mol. The number of carbonyl (C=O) groups excluding carboxylic acids is 1. The lowest BCUT2D eigenvalue weighted by Gasteiger charge is -2.33. The van der Waals surface area contributed by atoms with Crippen molar-refractivity contribution < 1.29 is 4.79 Å². The molecule has 1 aromatic carbocycles. The lowest BCUT2D eigenvalue weighted by molar-refractivity contribution is -0.121. The molecule has 4 heteroatoms. The second-order valence-corrected chi connectivity index (χ2v) is 3.78. The van der Waals surface area contributed by atoms with Crippen LogP contribution < -0.4 is 5.32 Å². The summed E-state index contributed by atoms with van der Waals surface area (Å²) < 4.78 is 0. The van der Waals surface area contributed by atoms with Gasteiger partial charge in [-0.3, -0.25) is 10.1 Å². The first-order valence-corrected chi connectivity index (χ1v) is 5.04. The van der Waals surface area contributed by atoms with Gasteiger partial charge in [0.25, 0.3) is 0 Å². The largest absolute Gasteiger partial charge is 0.337 e. The van der Waals surface area contributed by atoms with E-state index in [0.29, 0.717) is 12.4 Å². The van der Waals surface area contributed by atoms with Crippen molar-refractivity contribution >= 4 is 17.6 Å². The van der Waals surface area contributed by atoms with Gasteiger partial charge in [-0.05, 0) is 11.6 Å². The maximum Gasteiger partial charge on any atom is 0.228 e. The Labute approximate surface area is 87.6 Å². The lowest BCUT2D eigenvalue weighted by atomic mass is 10.1. The number of hydrogen-bond acceptors (Lipinski definition) is 3. The van der Waals surface area contributed by atoms with Gasteiger partial charge < -0.3 is 4.90 Å². The van der Waals surface area contributed by atoms with Crippen LogP contribution in [0, 0.1) is 0 Å². The Balaban J connectivity index is 2.02. The zero-order valence-electron chi connectivity index (χ0n) is 8.23. The van der Waals surface area contributed by atoms with Gasteiger partial charge in [0, 0.05) is 19.5 Å². The summed E-state index contributed by atoms with van der Waals surface area (Å²) in [4.78, 5) is 17.7. The number of amides is 1. The molecule has 76 valence electrons. The van der Waals surface area contributed by atoms with Gasteiger partial charge in [0.2, 0.25) is 11.9 Å². The molecule has 0 atom stereocenters. The van der Waals surface area contributed by atoms with Crippen molar-refractivity contribution in [2.24, 2.45) is 4.99 Å². The molecule has 15 heavy (non-hydrogen) atoms. The molecule has 1 saturated heterocycles. The molecule has 0 spiro atoms. The fourth-order valence-corrected chi connectivity index (χ4v) is 1.93. The second-order valence-electron chi connectivity index (χ2n) is 3.78. The minimum atomic E-state index is 0.0596. The van der Waals surface area contributed by atoms with E-state index in [2.05, 4.69) is 21.3 Å². The number of nitrogens with zero attached hydrogens (tertiary/aromatic N) is 2. The van der Waals surface area contributed by atoms with Crippen molar-refractivity contribution in [1.82, 2.24) is 10.2 Å². The Morgan fingerprint density at radius 2 is 2.20 bits per heavy atom. The molecule has 1 amide bonds. The SMILES string of the molecule is O=C1CCN2Cc3ccccc3N=C2N1. The van der Waals surface area contributed by atoms with Gasteiger partial charge in [-0.1, -0.05) is 18.2 Å². The smallest absolute Gasteiger partial charge is 0.228 e.